The van der Waals surface area contributed by atoms with Gasteiger partial charge in [-0.05, 0) is 37.1 Å². The first-order chi connectivity index (χ1) is 15.7. The number of Topliss-reactive ketones (excluding diaryl/α,β-unsaturated/α-hetero) is 1. The minimum atomic E-state index is -0.335. The van der Waals surface area contributed by atoms with E-state index in [9.17, 15) is 9.59 Å². The standard InChI is InChI=1S/C27H24N2O3/c1-32-24-13-6-5-10-19(24)26-25-21(11-7-12-23(25)30)28-22-16-18(14-15-20(22)29-26)27(31)17-8-3-2-4-9-17/h2-6,8-10,13-16,26,28-29H,7,11-12H2,1H3/t26-/m0/s1. The first-order valence-corrected chi connectivity index (χ1v) is 10.8. The number of carbonyl (C=O) groups excluding carboxylic acids is 2. The molecule has 0 amide bonds. The van der Waals surface area contributed by atoms with Crippen LogP contribution < -0.4 is 15.4 Å². The van der Waals surface area contributed by atoms with Crippen LogP contribution in [0.1, 0.15) is 46.8 Å². The fraction of sp³-hybridized carbons (Fsp3) is 0.185. The Labute approximate surface area is 187 Å². The Bertz CT molecular complexity index is 1230. The number of anilines is 2. The number of ketones is 2. The highest BCUT2D eigenvalue weighted by Crippen LogP contribution is 2.43. The second kappa shape index (κ2) is 8.35. The molecule has 1 heterocycles. The molecule has 1 aliphatic carbocycles. The van der Waals surface area contributed by atoms with Crippen molar-refractivity contribution >= 4 is 22.9 Å². The quantitative estimate of drug-likeness (QED) is 0.541. The fourth-order valence-electron chi connectivity index (χ4n) is 4.53. The van der Waals surface area contributed by atoms with Gasteiger partial charge in [-0.1, -0.05) is 48.5 Å². The van der Waals surface area contributed by atoms with E-state index in [1.165, 1.54) is 0 Å². The molecular weight excluding hydrogens is 400 g/mol. The van der Waals surface area contributed by atoms with Crippen molar-refractivity contribution in [2.45, 2.75) is 25.3 Å². The van der Waals surface area contributed by atoms with Crippen LogP contribution in [0.15, 0.2) is 84.1 Å². The van der Waals surface area contributed by atoms with Crippen LogP contribution in [0, 0.1) is 0 Å². The van der Waals surface area contributed by atoms with Gasteiger partial charge in [-0.3, -0.25) is 9.59 Å². The van der Waals surface area contributed by atoms with Crippen LogP contribution in [-0.2, 0) is 4.79 Å². The van der Waals surface area contributed by atoms with E-state index in [-0.39, 0.29) is 17.6 Å². The molecular formula is C27H24N2O3. The van der Waals surface area contributed by atoms with Crippen LogP contribution in [0.3, 0.4) is 0 Å². The van der Waals surface area contributed by atoms with Crippen molar-refractivity contribution < 1.29 is 14.3 Å². The molecule has 160 valence electrons. The number of methoxy groups -OCH3 is 1. The molecule has 0 bridgehead atoms. The normalized spacial score (nSPS) is 17.4. The predicted octanol–water partition coefficient (Wildman–Crippen LogP) is 5.51. The molecule has 32 heavy (non-hydrogen) atoms. The monoisotopic (exact) mass is 424 g/mol. The van der Waals surface area contributed by atoms with E-state index in [0.29, 0.717) is 17.5 Å². The van der Waals surface area contributed by atoms with Crippen molar-refractivity contribution in [3.8, 4) is 5.75 Å². The summed E-state index contributed by atoms with van der Waals surface area (Å²) in [5.41, 5.74) is 5.45. The predicted molar refractivity (Wildman–Crippen MR) is 125 cm³/mol. The van der Waals surface area contributed by atoms with Crippen LogP contribution in [0.2, 0.25) is 0 Å². The Morgan fingerprint density at radius 3 is 2.50 bits per heavy atom. The molecule has 1 aliphatic heterocycles. The van der Waals surface area contributed by atoms with Crippen molar-refractivity contribution in [2.24, 2.45) is 0 Å². The average Bonchev–Trinajstić information content (AvgIpc) is 3.01. The minimum Gasteiger partial charge on any atom is -0.496 e. The zero-order chi connectivity index (χ0) is 22.1. The Morgan fingerprint density at radius 1 is 0.906 bits per heavy atom. The van der Waals surface area contributed by atoms with Gasteiger partial charge in [0.05, 0.1) is 24.5 Å². The lowest BCUT2D eigenvalue weighted by atomic mass is 9.86. The molecule has 0 unspecified atom stereocenters. The zero-order valence-corrected chi connectivity index (χ0v) is 17.9. The lowest BCUT2D eigenvalue weighted by Crippen LogP contribution is -2.23. The molecule has 0 saturated carbocycles. The number of para-hydroxylation sites is 1. The highest BCUT2D eigenvalue weighted by atomic mass is 16.5. The first kappa shape index (κ1) is 20.1. The Kier molecular flexibility index (Phi) is 5.23. The molecule has 0 radical (unpaired) electrons. The molecule has 5 rings (SSSR count). The zero-order valence-electron chi connectivity index (χ0n) is 17.9. The Hall–Kier alpha value is -3.86. The van der Waals surface area contributed by atoms with Gasteiger partial charge in [0.15, 0.2) is 11.6 Å². The molecule has 3 aromatic carbocycles. The van der Waals surface area contributed by atoms with Gasteiger partial charge >= 0.3 is 0 Å². The number of allylic oxidation sites excluding steroid dienone is 1. The van der Waals surface area contributed by atoms with Crippen LogP contribution in [0.4, 0.5) is 11.4 Å². The number of hydrogen-bond acceptors (Lipinski definition) is 5. The highest BCUT2D eigenvalue weighted by molar-refractivity contribution is 6.10. The largest absolute Gasteiger partial charge is 0.496 e. The molecule has 2 N–H and O–H groups in total. The first-order valence-electron chi connectivity index (χ1n) is 10.8. The Morgan fingerprint density at radius 2 is 1.69 bits per heavy atom. The summed E-state index contributed by atoms with van der Waals surface area (Å²) < 4.78 is 5.60. The number of hydrogen-bond donors (Lipinski definition) is 2. The topological polar surface area (TPSA) is 67.4 Å². The van der Waals surface area contributed by atoms with E-state index in [0.717, 1.165) is 46.8 Å². The van der Waals surface area contributed by atoms with Crippen LogP contribution in [-0.4, -0.2) is 18.7 Å². The summed E-state index contributed by atoms with van der Waals surface area (Å²) >= 11 is 0. The molecule has 0 spiro atoms. The lowest BCUT2D eigenvalue weighted by Gasteiger charge is -2.26. The third-order valence-corrected chi connectivity index (χ3v) is 6.10. The van der Waals surface area contributed by atoms with Gasteiger partial charge in [-0.25, -0.2) is 0 Å². The third kappa shape index (κ3) is 3.56. The van der Waals surface area contributed by atoms with Gasteiger partial charge in [-0.2, -0.15) is 0 Å². The number of carbonyl (C=O) groups is 2. The lowest BCUT2D eigenvalue weighted by molar-refractivity contribution is -0.116. The number of ether oxygens (including phenoxy) is 1. The summed E-state index contributed by atoms with van der Waals surface area (Å²) in [6.45, 7) is 0. The smallest absolute Gasteiger partial charge is 0.193 e. The van der Waals surface area contributed by atoms with E-state index in [1.807, 2.05) is 72.8 Å². The van der Waals surface area contributed by atoms with Crippen molar-refractivity contribution in [3.05, 3.63) is 101 Å². The number of fused-ring (bicyclic) bond motifs is 1. The molecule has 5 nitrogen and oxygen atoms in total. The van der Waals surface area contributed by atoms with Crippen LogP contribution in [0.5, 0.6) is 5.75 Å². The van der Waals surface area contributed by atoms with Gasteiger partial charge in [0, 0.05) is 34.4 Å². The fourth-order valence-corrected chi connectivity index (χ4v) is 4.53. The summed E-state index contributed by atoms with van der Waals surface area (Å²) in [5.74, 6) is 0.833. The van der Waals surface area contributed by atoms with E-state index < -0.39 is 0 Å². The Balaban J connectivity index is 1.60. The van der Waals surface area contributed by atoms with Crippen LogP contribution >= 0.6 is 0 Å². The van der Waals surface area contributed by atoms with Gasteiger partial charge in [0.25, 0.3) is 0 Å². The maximum absolute atomic E-state index is 13.0. The molecule has 5 heteroatoms. The molecule has 0 fully saturated rings. The van der Waals surface area contributed by atoms with Crippen molar-refractivity contribution in [1.82, 2.24) is 0 Å². The number of nitrogens with one attached hydrogen (secondary N) is 2. The molecule has 1 atom stereocenters. The van der Waals surface area contributed by atoms with Gasteiger partial charge in [-0.15, -0.1) is 0 Å². The minimum absolute atomic E-state index is 0.0327. The van der Waals surface area contributed by atoms with E-state index in [1.54, 1.807) is 7.11 Å². The van der Waals surface area contributed by atoms with E-state index in [4.69, 9.17) is 4.74 Å². The second-order valence-corrected chi connectivity index (χ2v) is 8.07. The maximum atomic E-state index is 13.0. The van der Waals surface area contributed by atoms with Crippen molar-refractivity contribution in [3.63, 3.8) is 0 Å². The number of benzene rings is 3. The molecule has 3 aromatic rings. The summed E-state index contributed by atoms with van der Waals surface area (Å²) in [6.07, 6.45) is 2.12. The summed E-state index contributed by atoms with van der Waals surface area (Å²) in [4.78, 5) is 26.0. The summed E-state index contributed by atoms with van der Waals surface area (Å²) in [5, 5.41) is 7.03. The highest BCUT2D eigenvalue weighted by Gasteiger charge is 2.33. The van der Waals surface area contributed by atoms with E-state index in [2.05, 4.69) is 10.6 Å². The second-order valence-electron chi connectivity index (χ2n) is 8.07. The van der Waals surface area contributed by atoms with Crippen LogP contribution in [0.25, 0.3) is 0 Å². The van der Waals surface area contributed by atoms with Gasteiger partial charge in [0.1, 0.15) is 5.75 Å². The van der Waals surface area contributed by atoms with E-state index >= 15 is 0 Å². The number of rotatable bonds is 4. The van der Waals surface area contributed by atoms with Gasteiger partial charge in [0.2, 0.25) is 0 Å². The van der Waals surface area contributed by atoms with Crippen molar-refractivity contribution in [2.75, 3.05) is 17.7 Å². The average molecular weight is 425 g/mol. The molecule has 2 aliphatic rings. The maximum Gasteiger partial charge on any atom is 0.193 e. The SMILES string of the molecule is COc1ccccc1[C@@H]1Nc2ccc(C(=O)c3ccccc3)cc2NC2=C1C(=O)CCC2. The molecule has 0 aromatic heterocycles. The molecule has 0 saturated heterocycles. The van der Waals surface area contributed by atoms with Gasteiger partial charge < -0.3 is 15.4 Å². The third-order valence-electron chi connectivity index (χ3n) is 6.10. The summed E-state index contributed by atoms with van der Waals surface area (Å²) in [7, 11) is 1.64. The van der Waals surface area contributed by atoms with Crippen molar-refractivity contribution in [1.29, 1.82) is 0 Å². The summed E-state index contributed by atoms with van der Waals surface area (Å²) in [6, 6.07) is 22.3.